The van der Waals surface area contributed by atoms with Crippen LogP contribution in [-0.2, 0) is 0 Å². The summed E-state index contributed by atoms with van der Waals surface area (Å²) in [6.45, 7) is 6.82. The predicted molar refractivity (Wildman–Crippen MR) is 87.1 cm³/mol. The highest BCUT2D eigenvalue weighted by molar-refractivity contribution is 8.01. The van der Waals surface area contributed by atoms with Crippen LogP contribution in [0, 0.1) is 0 Å². The Hall–Kier alpha value is -1.47. The summed E-state index contributed by atoms with van der Waals surface area (Å²) >= 11 is 1.96. The molecule has 0 fully saturated rings. The van der Waals surface area contributed by atoms with E-state index in [0.717, 1.165) is 0 Å². The van der Waals surface area contributed by atoms with E-state index in [1.54, 1.807) is 0 Å². The second kappa shape index (κ2) is 4.57. The highest BCUT2D eigenvalue weighted by Crippen LogP contribution is 2.41. The van der Waals surface area contributed by atoms with Crippen LogP contribution in [0.2, 0.25) is 0 Å². The Bertz CT molecular complexity index is 681. The molecule has 0 aliphatic rings. The zero-order chi connectivity index (χ0) is 13.5. The molecule has 3 aromatic carbocycles. The van der Waals surface area contributed by atoms with Crippen LogP contribution in [0.1, 0.15) is 20.8 Å². The zero-order valence-electron chi connectivity index (χ0n) is 11.6. The monoisotopic (exact) mass is 266 g/mol. The Morgan fingerprint density at radius 3 is 1.68 bits per heavy atom. The van der Waals surface area contributed by atoms with E-state index in [4.69, 9.17) is 0 Å². The molecule has 19 heavy (non-hydrogen) atoms. The molecule has 0 N–H and O–H groups in total. The first kappa shape index (κ1) is 12.6. The third-order valence-corrected chi connectivity index (χ3v) is 4.39. The number of thioether (sulfide) groups is 1. The van der Waals surface area contributed by atoms with Crippen molar-refractivity contribution >= 4 is 33.3 Å². The summed E-state index contributed by atoms with van der Waals surface area (Å²) in [6, 6.07) is 19.6. The van der Waals surface area contributed by atoms with Gasteiger partial charge in [-0.05, 0) is 27.6 Å². The highest BCUT2D eigenvalue weighted by atomic mass is 32.2. The lowest BCUT2D eigenvalue weighted by atomic mass is 10.0. The summed E-state index contributed by atoms with van der Waals surface area (Å²) in [6.07, 6.45) is 0. The average Bonchev–Trinajstić information content (AvgIpc) is 2.37. The van der Waals surface area contributed by atoms with Gasteiger partial charge in [0, 0.05) is 9.64 Å². The summed E-state index contributed by atoms with van der Waals surface area (Å²) in [7, 11) is 0. The van der Waals surface area contributed by atoms with Gasteiger partial charge < -0.3 is 0 Å². The SMILES string of the molecule is CC(C)(C)Sc1c2ccccc2cc2ccccc12. The number of hydrogen-bond acceptors (Lipinski definition) is 1. The van der Waals surface area contributed by atoms with Gasteiger partial charge in [-0.15, -0.1) is 11.8 Å². The molecule has 0 aliphatic heterocycles. The fraction of sp³-hybridized carbons (Fsp3) is 0.222. The van der Waals surface area contributed by atoms with Crippen molar-refractivity contribution in [3.8, 4) is 0 Å². The van der Waals surface area contributed by atoms with Crippen LogP contribution in [0.25, 0.3) is 21.5 Å². The molecule has 0 bridgehead atoms. The van der Waals surface area contributed by atoms with Crippen molar-refractivity contribution in [2.45, 2.75) is 30.4 Å². The number of benzene rings is 3. The van der Waals surface area contributed by atoms with E-state index < -0.39 is 0 Å². The van der Waals surface area contributed by atoms with Gasteiger partial charge in [0.1, 0.15) is 0 Å². The number of rotatable bonds is 1. The van der Waals surface area contributed by atoms with Crippen molar-refractivity contribution in [2.24, 2.45) is 0 Å². The Morgan fingerprint density at radius 2 is 1.21 bits per heavy atom. The lowest BCUT2D eigenvalue weighted by Crippen LogP contribution is -2.06. The molecule has 0 spiro atoms. The van der Waals surface area contributed by atoms with Crippen LogP contribution < -0.4 is 0 Å². The summed E-state index contributed by atoms with van der Waals surface area (Å²) < 4.78 is 0.215. The molecule has 0 aromatic heterocycles. The summed E-state index contributed by atoms with van der Waals surface area (Å²) in [5, 5.41) is 5.38. The first-order valence-electron chi connectivity index (χ1n) is 6.64. The van der Waals surface area contributed by atoms with E-state index in [-0.39, 0.29) is 4.75 Å². The van der Waals surface area contributed by atoms with Crippen LogP contribution in [0.4, 0.5) is 0 Å². The molecule has 0 aliphatic carbocycles. The molecule has 0 saturated carbocycles. The quantitative estimate of drug-likeness (QED) is 0.391. The predicted octanol–water partition coefficient (Wildman–Crippen LogP) is 5.88. The fourth-order valence-electron chi connectivity index (χ4n) is 2.39. The normalized spacial score (nSPS) is 12.2. The first-order valence-corrected chi connectivity index (χ1v) is 7.46. The van der Waals surface area contributed by atoms with E-state index in [9.17, 15) is 0 Å². The Labute approximate surface area is 118 Å². The largest absolute Gasteiger partial charge is 0.119 e. The molecular weight excluding hydrogens is 248 g/mol. The van der Waals surface area contributed by atoms with E-state index in [2.05, 4.69) is 75.4 Å². The zero-order valence-corrected chi connectivity index (χ0v) is 12.4. The van der Waals surface area contributed by atoms with Crippen LogP contribution in [-0.4, -0.2) is 4.75 Å². The van der Waals surface area contributed by atoms with Gasteiger partial charge in [0.05, 0.1) is 0 Å². The molecule has 0 unspecified atom stereocenters. The molecule has 0 atom stereocenters. The fourth-order valence-corrected chi connectivity index (χ4v) is 3.59. The Morgan fingerprint density at radius 1 is 0.737 bits per heavy atom. The summed E-state index contributed by atoms with van der Waals surface area (Å²) in [5.41, 5.74) is 0. The van der Waals surface area contributed by atoms with Gasteiger partial charge >= 0.3 is 0 Å². The van der Waals surface area contributed by atoms with Gasteiger partial charge in [-0.25, -0.2) is 0 Å². The topological polar surface area (TPSA) is 0 Å². The van der Waals surface area contributed by atoms with E-state index in [0.29, 0.717) is 0 Å². The third-order valence-electron chi connectivity index (χ3n) is 3.13. The molecule has 96 valence electrons. The Kier molecular flexibility index (Phi) is 3.02. The highest BCUT2D eigenvalue weighted by Gasteiger charge is 2.16. The number of fused-ring (bicyclic) bond motifs is 2. The second-order valence-electron chi connectivity index (χ2n) is 5.86. The van der Waals surface area contributed by atoms with Crippen molar-refractivity contribution in [1.29, 1.82) is 0 Å². The Balaban J connectivity index is 2.39. The van der Waals surface area contributed by atoms with Gasteiger partial charge in [-0.1, -0.05) is 69.3 Å². The van der Waals surface area contributed by atoms with Gasteiger partial charge in [-0.2, -0.15) is 0 Å². The molecule has 0 amide bonds. The summed E-state index contributed by atoms with van der Waals surface area (Å²) in [5.74, 6) is 0. The molecular formula is C18H18S. The molecule has 1 heteroatoms. The standard InChI is InChI=1S/C18H18S/c1-18(2,3)19-17-15-10-6-4-8-13(15)12-14-9-5-7-11-16(14)17/h4-12H,1-3H3. The van der Waals surface area contributed by atoms with Gasteiger partial charge in [0.15, 0.2) is 0 Å². The van der Waals surface area contributed by atoms with Gasteiger partial charge in [0.2, 0.25) is 0 Å². The third kappa shape index (κ3) is 2.48. The molecule has 3 rings (SSSR count). The van der Waals surface area contributed by atoms with Crippen LogP contribution in [0.3, 0.4) is 0 Å². The van der Waals surface area contributed by atoms with Crippen molar-refractivity contribution < 1.29 is 0 Å². The molecule has 0 saturated heterocycles. The van der Waals surface area contributed by atoms with Gasteiger partial charge in [-0.3, -0.25) is 0 Å². The molecule has 0 heterocycles. The smallest absolute Gasteiger partial charge is 0.0234 e. The lowest BCUT2D eigenvalue weighted by Gasteiger charge is -2.20. The summed E-state index contributed by atoms with van der Waals surface area (Å²) in [4.78, 5) is 1.40. The maximum absolute atomic E-state index is 2.29. The number of hydrogen-bond donors (Lipinski definition) is 0. The molecule has 0 radical (unpaired) electrons. The second-order valence-corrected chi connectivity index (χ2v) is 7.70. The van der Waals surface area contributed by atoms with Gasteiger partial charge in [0.25, 0.3) is 0 Å². The van der Waals surface area contributed by atoms with Crippen molar-refractivity contribution in [1.82, 2.24) is 0 Å². The first-order chi connectivity index (χ1) is 9.04. The molecule has 0 nitrogen and oxygen atoms in total. The van der Waals surface area contributed by atoms with Crippen LogP contribution >= 0.6 is 11.8 Å². The van der Waals surface area contributed by atoms with Crippen molar-refractivity contribution in [3.05, 3.63) is 54.6 Å². The molecule has 3 aromatic rings. The maximum atomic E-state index is 2.29. The van der Waals surface area contributed by atoms with E-state index in [1.165, 1.54) is 26.4 Å². The minimum absolute atomic E-state index is 0.215. The van der Waals surface area contributed by atoms with Crippen molar-refractivity contribution in [2.75, 3.05) is 0 Å². The van der Waals surface area contributed by atoms with Crippen molar-refractivity contribution in [3.63, 3.8) is 0 Å². The van der Waals surface area contributed by atoms with Crippen LogP contribution in [0.15, 0.2) is 59.5 Å². The maximum Gasteiger partial charge on any atom is 0.0234 e. The minimum atomic E-state index is 0.215. The van der Waals surface area contributed by atoms with Crippen LogP contribution in [0.5, 0.6) is 0 Å². The lowest BCUT2D eigenvalue weighted by molar-refractivity contribution is 0.804. The minimum Gasteiger partial charge on any atom is -0.119 e. The van der Waals surface area contributed by atoms with E-state index in [1.807, 2.05) is 11.8 Å². The van der Waals surface area contributed by atoms with E-state index >= 15 is 0 Å². The average molecular weight is 266 g/mol.